The first-order valence-electron chi connectivity index (χ1n) is 7.08. The Kier molecular flexibility index (Phi) is 7.65. The number of carbonyl (C=O) groups excluding carboxylic acids is 1. The lowest BCUT2D eigenvalue weighted by Crippen LogP contribution is -2.27. The third-order valence-electron chi connectivity index (χ3n) is 3.03. The van der Waals surface area contributed by atoms with Gasteiger partial charge in [-0.1, -0.05) is 44.4 Å². The molecule has 1 unspecified atom stereocenters. The minimum atomic E-state index is 0.186. The summed E-state index contributed by atoms with van der Waals surface area (Å²) in [6.07, 6.45) is 2.94. The highest BCUT2D eigenvalue weighted by molar-refractivity contribution is 7.99. The van der Waals surface area contributed by atoms with Gasteiger partial charge in [-0.2, -0.15) is 0 Å². The van der Waals surface area contributed by atoms with Gasteiger partial charge in [0.25, 0.3) is 0 Å². The first-order valence-corrected chi connectivity index (χ1v) is 8.06. The van der Waals surface area contributed by atoms with Gasteiger partial charge in [0.05, 0.1) is 0 Å². The molecular formula is C16H25NOS. The zero-order chi connectivity index (χ0) is 14.1. The second-order valence-corrected chi connectivity index (χ2v) is 6.28. The van der Waals surface area contributed by atoms with Crippen LogP contribution >= 0.6 is 11.8 Å². The normalized spacial score (nSPS) is 12.2. The van der Waals surface area contributed by atoms with Crippen molar-refractivity contribution in [2.45, 2.75) is 44.9 Å². The number of aryl methyl sites for hydroxylation is 1. The van der Waals surface area contributed by atoms with Crippen molar-refractivity contribution in [2.75, 3.05) is 12.3 Å². The number of benzene rings is 1. The van der Waals surface area contributed by atoms with E-state index in [1.807, 2.05) is 0 Å². The number of nitrogens with one attached hydrogen (secondary N) is 1. The van der Waals surface area contributed by atoms with E-state index in [-0.39, 0.29) is 5.91 Å². The van der Waals surface area contributed by atoms with Crippen LogP contribution in [0.3, 0.4) is 0 Å². The van der Waals surface area contributed by atoms with Crippen LogP contribution in [-0.4, -0.2) is 18.2 Å². The SMILES string of the molecule is CCCC(C)CC(=O)NCCSc1ccc(C)cc1. The molecule has 3 heteroatoms. The molecule has 0 aliphatic carbocycles. The van der Waals surface area contributed by atoms with Crippen LogP contribution in [-0.2, 0) is 4.79 Å². The second-order valence-electron chi connectivity index (χ2n) is 5.11. The number of hydrogen-bond donors (Lipinski definition) is 1. The predicted molar refractivity (Wildman–Crippen MR) is 83.6 cm³/mol. The number of rotatable bonds is 8. The minimum Gasteiger partial charge on any atom is -0.355 e. The molecule has 0 aromatic heterocycles. The van der Waals surface area contributed by atoms with Crippen LogP contribution in [0, 0.1) is 12.8 Å². The lowest BCUT2D eigenvalue weighted by molar-refractivity contribution is -0.121. The summed E-state index contributed by atoms with van der Waals surface area (Å²) in [4.78, 5) is 12.9. The van der Waals surface area contributed by atoms with Crippen molar-refractivity contribution in [1.29, 1.82) is 0 Å². The van der Waals surface area contributed by atoms with Crippen molar-refractivity contribution in [2.24, 2.45) is 5.92 Å². The van der Waals surface area contributed by atoms with Crippen LogP contribution in [0.25, 0.3) is 0 Å². The number of carbonyl (C=O) groups is 1. The van der Waals surface area contributed by atoms with E-state index in [0.717, 1.165) is 25.1 Å². The Labute approximate surface area is 121 Å². The smallest absolute Gasteiger partial charge is 0.220 e. The van der Waals surface area contributed by atoms with E-state index in [9.17, 15) is 4.79 Å². The predicted octanol–water partition coefficient (Wildman–Crippen LogP) is 4.03. The summed E-state index contributed by atoms with van der Waals surface area (Å²) in [6, 6.07) is 8.50. The van der Waals surface area contributed by atoms with Crippen molar-refractivity contribution in [3.05, 3.63) is 29.8 Å². The Balaban J connectivity index is 2.13. The highest BCUT2D eigenvalue weighted by atomic mass is 32.2. The molecule has 106 valence electrons. The van der Waals surface area contributed by atoms with Crippen LogP contribution in [0.5, 0.6) is 0 Å². The van der Waals surface area contributed by atoms with E-state index in [0.29, 0.717) is 12.3 Å². The quantitative estimate of drug-likeness (QED) is 0.575. The van der Waals surface area contributed by atoms with Crippen LogP contribution in [0.2, 0.25) is 0 Å². The molecule has 1 amide bonds. The van der Waals surface area contributed by atoms with Gasteiger partial charge in [0.2, 0.25) is 5.91 Å². The molecule has 19 heavy (non-hydrogen) atoms. The van der Waals surface area contributed by atoms with Gasteiger partial charge in [0, 0.05) is 23.6 Å². The molecular weight excluding hydrogens is 254 g/mol. The summed E-state index contributed by atoms with van der Waals surface area (Å²) in [7, 11) is 0. The number of hydrogen-bond acceptors (Lipinski definition) is 2. The molecule has 1 rings (SSSR count). The molecule has 0 saturated carbocycles. The summed E-state index contributed by atoms with van der Waals surface area (Å²) in [6.45, 7) is 7.14. The third kappa shape index (κ3) is 7.26. The molecule has 1 N–H and O–H groups in total. The largest absolute Gasteiger partial charge is 0.355 e. The zero-order valence-corrected chi connectivity index (χ0v) is 13.1. The lowest BCUT2D eigenvalue weighted by atomic mass is 10.0. The summed E-state index contributed by atoms with van der Waals surface area (Å²) in [5.74, 6) is 1.61. The molecule has 0 aliphatic rings. The molecule has 1 aromatic carbocycles. The van der Waals surface area contributed by atoms with Gasteiger partial charge in [-0.05, 0) is 25.0 Å². The maximum atomic E-state index is 11.7. The van der Waals surface area contributed by atoms with Crippen molar-refractivity contribution in [1.82, 2.24) is 5.32 Å². The first-order chi connectivity index (χ1) is 9.11. The summed E-state index contributed by atoms with van der Waals surface area (Å²) < 4.78 is 0. The molecule has 0 bridgehead atoms. The van der Waals surface area contributed by atoms with Gasteiger partial charge < -0.3 is 5.32 Å². The van der Waals surface area contributed by atoms with Crippen molar-refractivity contribution >= 4 is 17.7 Å². The first kappa shape index (κ1) is 16.1. The molecule has 0 saturated heterocycles. The Bertz CT molecular complexity index is 375. The average Bonchev–Trinajstić information content (AvgIpc) is 2.37. The Morgan fingerprint density at radius 3 is 2.63 bits per heavy atom. The molecule has 2 nitrogen and oxygen atoms in total. The fourth-order valence-electron chi connectivity index (χ4n) is 1.98. The fourth-order valence-corrected chi connectivity index (χ4v) is 2.75. The maximum Gasteiger partial charge on any atom is 0.220 e. The van der Waals surface area contributed by atoms with E-state index in [4.69, 9.17) is 0 Å². The minimum absolute atomic E-state index is 0.186. The molecule has 1 aromatic rings. The molecule has 0 radical (unpaired) electrons. The maximum absolute atomic E-state index is 11.7. The fraction of sp³-hybridized carbons (Fsp3) is 0.562. The topological polar surface area (TPSA) is 29.1 Å². The van der Waals surface area contributed by atoms with E-state index >= 15 is 0 Å². The summed E-state index contributed by atoms with van der Waals surface area (Å²) in [5.41, 5.74) is 1.28. The third-order valence-corrected chi connectivity index (χ3v) is 4.04. The summed E-state index contributed by atoms with van der Waals surface area (Å²) >= 11 is 1.79. The highest BCUT2D eigenvalue weighted by Gasteiger charge is 2.07. The number of amides is 1. The standard InChI is InChI=1S/C16H25NOS/c1-4-5-14(3)12-16(18)17-10-11-19-15-8-6-13(2)7-9-15/h6-9,14H,4-5,10-12H2,1-3H3,(H,17,18). The monoisotopic (exact) mass is 279 g/mol. The molecule has 0 spiro atoms. The van der Waals surface area contributed by atoms with Gasteiger partial charge in [-0.25, -0.2) is 0 Å². The van der Waals surface area contributed by atoms with Crippen LogP contribution < -0.4 is 5.32 Å². The molecule has 0 aliphatic heterocycles. The second kappa shape index (κ2) is 9.03. The van der Waals surface area contributed by atoms with E-state index in [1.165, 1.54) is 10.5 Å². The lowest BCUT2D eigenvalue weighted by Gasteiger charge is -2.10. The van der Waals surface area contributed by atoms with Crippen molar-refractivity contribution < 1.29 is 4.79 Å². The van der Waals surface area contributed by atoms with Crippen molar-refractivity contribution in [3.63, 3.8) is 0 Å². The van der Waals surface area contributed by atoms with Gasteiger partial charge >= 0.3 is 0 Å². The Hall–Kier alpha value is -0.960. The van der Waals surface area contributed by atoms with Crippen LogP contribution in [0.1, 0.15) is 38.7 Å². The Morgan fingerprint density at radius 1 is 1.32 bits per heavy atom. The van der Waals surface area contributed by atoms with Gasteiger partial charge in [-0.3, -0.25) is 4.79 Å². The van der Waals surface area contributed by atoms with E-state index in [1.54, 1.807) is 11.8 Å². The highest BCUT2D eigenvalue weighted by Crippen LogP contribution is 2.17. The van der Waals surface area contributed by atoms with Gasteiger partial charge in [0.15, 0.2) is 0 Å². The average molecular weight is 279 g/mol. The van der Waals surface area contributed by atoms with Crippen molar-refractivity contribution in [3.8, 4) is 0 Å². The van der Waals surface area contributed by atoms with Crippen LogP contribution in [0.4, 0.5) is 0 Å². The van der Waals surface area contributed by atoms with Crippen LogP contribution in [0.15, 0.2) is 29.2 Å². The van der Waals surface area contributed by atoms with Gasteiger partial charge in [-0.15, -0.1) is 11.8 Å². The molecule has 0 heterocycles. The zero-order valence-electron chi connectivity index (χ0n) is 12.2. The van der Waals surface area contributed by atoms with E-state index in [2.05, 4.69) is 50.4 Å². The summed E-state index contributed by atoms with van der Waals surface area (Å²) in [5, 5.41) is 2.99. The van der Waals surface area contributed by atoms with E-state index < -0.39 is 0 Å². The van der Waals surface area contributed by atoms with Gasteiger partial charge in [0.1, 0.15) is 0 Å². The molecule has 1 atom stereocenters. The Morgan fingerprint density at radius 2 is 2.00 bits per heavy atom. The number of thioether (sulfide) groups is 1. The molecule has 0 fully saturated rings.